The first kappa shape index (κ1) is 20.6. The van der Waals surface area contributed by atoms with Gasteiger partial charge in [0.05, 0.1) is 0 Å². The minimum absolute atomic E-state index is 1.03. The van der Waals surface area contributed by atoms with Gasteiger partial charge >= 0.3 is 174 Å². The van der Waals surface area contributed by atoms with E-state index in [4.69, 9.17) is 0 Å². The van der Waals surface area contributed by atoms with Crippen LogP contribution in [0, 0.1) is 0 Å². The molecule has 0 unspecified atom stereocenters. The topological polar surface area (TPSA) is 0 Å². The molecule has 0 N–H and O–H groups in total. The molecule has 2 heterocycles. The van der Waals surface area contributed by atoms with Crippen molar-refractivity contribution in [2.75, 3.05) is 38.0 Å². The van der Waals surface area contributed by atoms with E-state index in [0.29, 0.717) is 0 Å². The standard InChI is InChI=1S/C26H40P2/c1-27(17-9-15-25(27)21-23-11-5-3-6-12-23)19-20-28(2)18-10-16-26(28)22-24-13-7-4-8-14-24/h3-8,11-14,25-28H,9-10,15-22H2,1-2H3/t25-,26-/m0/s1. The number of benzene rings is 2. The van der Waals surface area contributed by atoms with Gasteiger partial charge in [0.1, 0.15) is 0 Å². The number of hydrogen-bond acceptors (Lipinski definition) is 0. The Hall–Kier alpha value is -0.700. The van der Waals surface area contributed by atoms with Crippen molar-refractivity contribution in [3.05, 3.63) is 71.8 Å². The molecule has 154 valence electrons. The molecule has 0 radical (unpaired) electrons. The van der Waals surface area contributed by atoms with E-state index in [9.17, 15) is 0 Å². The van der Waals surface area contributed by atoms with Crippen molar-refractivity contribution in [2.45, 2.75) is 49.8 Å². The van der Waals surface area contributed by atoms with Crippen molar-refractivity contribution >= 4 is 14.5 Å². The second-order valence-corrected chi connectivity index (χ2v) is 20.6. The zero-order valence-electron chi connectivity index (χ0n) is 18.0. The van der Waals surface area contributed by atoms with Crippen molar-refractivity contribution in [1.29, 1.82) is 0 Å². The van der Waals surface area contributed by atoms with Gasteiger partial charge in [-0.3, -0.25) is 0 Å². The maximum atomic E-state index is 2.77. The van der Waals surface area contributed by atoms with E-state index in [1.807, 2.05) is 0 Å². The van der Waals surface area contributed by atoms with Crippen LogP contribution in [0.15, 0.2) is 60.7 Å². The fraction of sp³-hybridized carbons (Fsp3) is 0.538. The first-order valence-electron chi connectivity index (χ1n) is 11.7. The molecule has 2 aromatic rings. The van der Waals surface area contributed by atoms with Gasteiger partial charge in [-0.2, -0.15) is 0 Å². The SMILES string of the molecule is C[PH]1(CC[PH]2(C)CCC[C@H]2Cc2ccccc2)CCC[C@H]1Cc1ccccc1. The van der Waals surface area contributed by atoms with Crippen LogP contribution in [0.5, 0.6) is 0 Å². The Labute approximate surface area is 174 Å². The predicted molar refractivity (Wildman–Crippen MR) is 134 cm³/mol. The summed E-state index contributed by atoms with van der Waals surface area (Å²) in [6.07, 6.45) is 15.2. The molecule has 0 spiro atoms. The summed E-state index contributed by atoms with van der Waals surface area (Å²) < 4.78 is 0. The number of rotatable bonds is 7. The van der Waals surface area contributed by atoms with Crippen LogP contribution in [0.2, 0.25) is 0 Å². The molecule has 2 fully saturated rings. The average Bonchev–Trinajstić information content (AvgIpc) is 3.26. The van der Waals surface area contributed by atoms with Gasteiger partial charge in [0.15, 0.2) is 0 Å². The second-order valence-electron chi connectivity index (χ2n) is 10.4. The molecule has 2 aromatic carbocycles. The monoisotopic (exact) mass is 414 g/mol. The van der Waals surface area contributed by atoms with Crippen molar-refractivity contribution < 1.29 is 0 Å². The van der Waals surface area contributed by atoms with Crippen LogP contribution >= 0.6 is 14.5 Å². The van der Waals surface area contributed by atoms with Gasteiger partial charge in [0.2, 0.25) is 0 Å². The molecule has 0 bridgehead atoms. The Balaban J connectivity index is 1.40. The van der Waals surface area contributed by atoms with E-state index < -0.39 is 14.5 Å². The van der Waals surface area contributed by atoms with E-state index in [0.717, 1.165) is 11.3 Å². The normalized spacial score (nSPS) is 28.1. The predicted octanol–water partition coefficient (Wildman–Crippen LogP) is 6.56. The molecule has 2 aliphatic heterocycles. The zero-order chi connectivity index (χ0) is 19.5. The Bertz CT molecular complexity index is 678. The summed E-state index contributed by atoms with van der Waals surface area (Å²) in [5.74, 6) is 0. The molecule has 0 aliphatic carbocycles. The molecular formula is C26H40P2. The summed E-state index contributed by atoms with van der Waals surface area (Å²) in [7, 11) is -2.20. The Morgan fingerprint density at radius 2 is 1.04 bits per heavy atom. The van der Waals surface area contributed by atoms with Crippen LogP contribution in [0.25, 0.3) is 0 Å². The van der Waals surface area contributed by atoms with E-state index >= 15 is 0 Å². The molecule has 2 aliphatic rings. The van der Waals surface area contributed by atoms with Crippen molar-refractivity contribution in [3.8, 4) is 0 Å². The van der Waals surface area contributed by atoms with Crippen LogP contribution in [0.4, 0.5) is 0 Å². The van der Waals surface area contributed by atoms with Gasteiger partial charge in [-0.25, -0.2) is 0 Å². The van der Waals surface area contributed by atoms with Crippen molar-refractivity contribution in [2.24, 2.45) is 0 Å². The van der Waals surface area contributed by atoms with Gasteiger partial charge in [-0.1, -0.05) is 0 Å². The summed E-state index contributed by atoms with van der Waals surface area (Å²) in [6.45, 7) is 5.54. The molecule has 2 saturated heterocycles. The fourth-order valence-electron chi connectivity index (χ4n) is 6.33. The number of hydrogen-bond donors (Lipinski definition) is 0. The maximum absolute atomic E-state index is 2.77. The molecule has 0 amide bonds. The molecule has 0 saturated carbocycles. The van der Waals surface area contributed by atoms with Gasteiger partial charge in [0, 0.05) is 0 Å². The third-order valence-corrected chi connectivity index (χ3v) is 19.7. The Kier molecular flexibility index (Phi) is 6.60. The van der Waals surface area contributed by atoms with Crippen LogP contribution in [-0.2, 0) is 12.8 Å². The molecule has 0 nitrogen and oxygen atoms in total. The molecule has 4 rings (SSSR count). The summed E-state index contributed by atoms with van der Waals surface area (Å²) in [5, 5.41) is 0. The molecule has 0 aromatic heterocycles. The zero-order valence-corrected chi connectivity index (χ0v) is 20.0. The van der Waals surface area contributed by atoms with E-state index in [-0.39, 0.29) is 0 Å². The van der Waals surface area contributed by atoms with Gasteiger partial charge in [-0.05, 0) is 0 Å². The average molecular weight is 415 g/mol. The first-order valence-corrected chi connectivity index (χ1v) is 17.6. The summed E-state index contributed by atoms with van der Waals surface area (Å²) in [5.41, 5.74) is 5.22. The third-order valence-electron chi connectivity index (χ3n) is 8.49. The molecular weight excluding hydrogens is 374 g/mol. The van der Waals surface area contributed by atoms with E-state index in [1.165, 1.54) is 38.5 Å². The Morgan fingerprint density at radius 3 is 1.43 bits per heavy atom. The Morgan fingerprint density at radius 1 is 0.643 bits per heavy atom. The molecule has 2 atom stereocenters. The minimum atomic E-state index is -1.10. The van der Waals surface area contributed by atoms with Gasteiger partial charge in [-0.15, -0.1) is 0 Å². The van der Waals surface area contributed by atoms with Gasteiger partial charge in [0.25, 0.3) is 0 Å². The van der Waals surface area contributed by atoms with Crippen molar-refractivity contribution in [3.63, 3.8) is 0 Å². The quantitative estimate of drug-likeness (QED) is 0.450. The van der Waals surface area contributed by atoms with Crippen LogP contribution in [-0.4, -0.2) is 49.3 Å². The van der Waals surface area contributed by atoms with Crippen LogP contribution in [0.3, 0.4) is 0 Å². The summed E-state index contributed by atoms with van der Waals surface area (Å²) >= 11 is 0. The summed E-state index contributed by atoms with van der Waals surface area (Å²) in [6, 6.07) is 22.7. The fourth-order valence-corrected chi connectivity index (χ4v) is 18.3. The van der Waals surface area contributed by atoms with Crippen molar-refractivity contribution in [1.82, 2.24) is 0 Å². The molecule has 28 heavy (non-hydrogen) atoms. The van der Waals surface area contributed by atoms with Gasteiger partial charge < -0.3 is 0 Å². The third kappa shape index (κ3) is 4.71. The van der Waals surface area contributed by atoms with E-state index in [1.54, 1.807) is 35.8 Å². The first-order chi connectivity index (χ1) is 13.6. The summed E-state index contributed by atoms with van der Waals surface area (Å²) in [4.78, 5) is 0. The second kappa shape index (κ2) is 8.98. The molecule has 2 heteroatoms. The van der Waals surface area contributed by atoms with Crippen LogP contribution < -0.4 is 0 Å². The van der Waals surface area contributed by atoms with E-state index in [2.05, 4.69) is 74.0 Å². The van der Waals surface area contributed by atoms with Crippen LogP contribution in [0.1, 0.15) is 36.8 Å².